The number of nitrogens with zero attached hydrogens (tertiary/aromatic N) is 2. The number of carbonyl (C=O) groups excluding carboxylic acids is 2. The molecule has 2 aromatic carbocycles. The maximum Gasteiger partial charge on any atom is 0.231 e. The highest BCUT2D eigenvalue weighted by Crippen LogP contribution is 2.29. The first-order valence-corrected chi connectivity index (χ1v) is 9.43. The first-order valence-electron chi connectivity index (χ1n) is 8.17. The zero-order valence-corrected chi connectivity index (χ0v) is 15.5. The molecular formula is C19H18ClN3O2S. The van der Waals surface area contributed by atoms with E-state index in [0.717, 1.165) is 11.3 Å². The zero-order chi connectivity index (χ0) is 18.5. The Morgan fingerprint density at radius 3 is 2.54 bits per heavy atom. The number of rotatable bonds is 5. The van der Waals surface area contributed by atoms with E-state index in [1.165, 1.54) is 11.8 Å². The van der Waals surface area contributed by atoms with Gasteiger partial charge in [0.2, 0.25) is 11.8 Å². The van der Waals surface area contributed by atoms with Crippen LogP contribution in [0.4, 0.5) is 5.69 Å². The topological polar surface area (TPSA) is 75.8 Å². The van der Waals surface area contributed by atoms with Gasteiger partial charge in [-0.25, -0.2) is 4.99 Å². The van der Waals surface area contributed by atoms with E-state index in [1.54, 1.807) is 4.90 Å². The molecule has 134 valence electrons. The van der Waals surface area contributed by atoms with Gasteiger partial charge in [-0.1, -0.05) is 53.7 Å². The van der Waals surface area contributed by atoms with E-state index in [4.69, 9.17) is 17.3 Å². The Balaban J connectivity index is 1.82. The molecule has 0 saturated carbocycles. The zero-order valence-electron chi connectivity index (χ0n) is 14.0. The van der Waals surface area contributed by atoms with Crippen LogP contribution < -0.4 is 5.73 Å². The Morgan fingerprint density at radius 2 is 1.88 bits per heavy atom. The van der Waals surface area contributed by atoms with Gasteiger partial charge >= 0.3 is 0 Å². The lowest BCUT2D eigenvalue weighted by Crippen LogP contribution is -2.46. The summed E-state index contributed by atoms with van der Waals surface area (Å²) >= 11 is 7.16. The molecule has 0 aliphatic carbocycles. The molecule has 1 heterocycles. The molecule has 1 atom stereocenters. The molecule has 0 bridgehead atoms. The number of thioether (sulfide) groups is 1. The lowest BCUT2D eigenvalue weighted by atomic mass is 10.1. The average molecular weight is 388 g/mol. The number of hydrogen-bond donors (Lipinski definition) is 1. The summed E-state index contributed by atoms with van der Waals surface area (Å²) in [5.41, 5.74) is 7.21. The minimum Gasteiger partial charge on any atom is -0.369 e. The van der Waals surface area contributed by atoms with Crippen molar-refractivity contribution in [1.82, 2.24) is 4.90 Å². The lowest BCUT2D eigenvalue weighted by molar-refractivity contribution is -0.129. The Kier molecular flexibility index (Phi) is 5.96. The predicted octanol–water partition coefficient (Wildman–Crippen LogP) is 3.39. The Labute approximate surface area is 161 Å². The van der Waals surface area contributed by atoms with E-state index in [1.807, 2.05) is 54.6 Å². The number of aliphatic imine (C=N–C) groups is 1. The molecule has 3 rings (SSSR count). The van der Waals surface area contributed by atoms with E-state index < -0.39 is 11.2 Å². The molecular weight excluding hydrogens is 370 g/mol. The number of amidine groups is 1. The molecule has 5 nitrogen and oxygen atoms in total. The predicted molar refractivity (Wildman–Crippen MR) is 106 cm³/mol. The van der Waals surface area contributed by atoms with E-state index in [-0.39, 0.29) is 12.3 Å². The van der Waals surface area contributed by atoms with Gasteiger partial charge in [0, 0.05) is 18.0 Å². The summed E-state index contributed by atoms with van der Waals surface area (Å²) in [7, 11) is 0. The van der Waals surface area contributed by atoms with Gasteiger partial charge in [0.1, 0.15) is 0 Å². The van der Waals surface area contributed by atoms with Crippen molar-refractivity contribution < 1.29 is 9.59 Å². The van der Waals surface area contributed by atoms with Crippen molar-refractivity contribution in [3.05, 3.63) is 65.2 Å². The summed E-state index contributed by atoms with van der Waals surface area (Å²) in [5, 5.41) is 0.593. The lowest BCUT2D eigenvalue weighted by Gasteiger charge is -2.31. The van der Waals surface area contributed by atoms with Crippen LogP contribution in [0.5, 0.6) is 0 Å². The number of carbonyl (C=O) groups is 2. The fourth-order valence-electron chi connectivity index (χ4n) is 2.58. The first-order chi connectivity index (χ1) is 12.5. The molecule has 1 saturated heterocycles. The highest BCUT2D eigenvalue weighted by molar-refractivity contribution is 8.15. The highest BCUT2D eigenvalue weighted by atomic mass is 35.5. The first kappa shape index (κ1) is 18.5. The minimum atomic E-state index is -0.586. The number of benzene rings is 2. The van der Waals surface area contributed by atoms with Crippen molar-refractivity contribution in [1.29, 1.82) is 0 Å². The van der Waals surface area contributed by atoms with Crippen LogP contribution in [0, 0.1) is 0 Å². The van der Waals surface area contributed by atoms with Gasteiger partial charge in [-0.2, -0.15) is 0 Å². The molecule has 1 aliphatic rings. The molecule has 7 heteroatoms. The summed E-state index contributed by atoms with van der Waals surface area (Å²) in [5.74, 6) is -0.641. The van der Waals surface area contributed by atoms with Crippen LogP contribution in [0.3, 0.4) is 0 Å². The van der Waals surface area contributed by atoms with Crippen molar-refractivity contribution in [3.63, 3.8) is 0 Å². The van der Waals surface area contributed by atoms with Gasteiger partial charge < -0.3 is 5.73 Å². The van der Waals surface area contributed by atoms with Crippen molar-refractivity contribution >= 4 is 46.0 Å². The number of amides is 2. The molecule has 0 spiro atoms. The molecule has 2 aromatic rings. The highest BCUT2D eigenvalue weighted by Gasteiger charge is 2.34. The number of primary amides is 1. The number of para-hydroxylation sites is 1. The van der Waals surface area contributed by atoms with Crippen LogP contribution in [0.15, 0.2) is 59.6 Å². The molecule has 1 aliphatic heterocycles. The van der Waals surface area contributed by atoms with Crippen molar-refractivity contribution in [3.8, 4) is 0 Å². The second-order valence-electron chi connectivity index (χ2n) is 5.86. The monoisotopic (exact) mass is 387 g/mol. The van der Waals surface area contributed by atoms with Crippen LogP contribution in [0.1, 0.15) is 12.0 Å². The van der Waals surface area contributed by atoms with Gasteiger partial charge in [-0.15, -0.1) is 0 Å². The van der Waals surface area contributed by atoms with Gasteiger partial charge in [0.15, 0.2) is 5.17 Å². The Bertz CT molecular complexity index is 824. The molecule has 0 unspecified atom stereocenters. The third kappa shape index (κ3) is 4.65. The van der Waals surface area contributed by atoms with Crippen molar-refractivity contribution in [2.45, 2.75) is 18.1 Å². The molecule has 2 amide bonds. The Hall–Kier alpha value is -2.31. The van der Waals surface area contributed by atoms with Gasteiger partial charge in [0.05, 0.1) is 10.9 Å². The van der Waals surface area contributed by atoms with Gasteiger partial charge in [-0.3, -0.25) is 14.5 Å². The van der Waals surface area contributed by atoms with E-state index in [9.17, 15) is 9.59 Å². The average Bonchev–Trinajstić information content (AvgIpc) is 2.63. The molecule has 0 radical (unpaired) electrons. The number of nitrogens with two attached hydrogens (primary N) is 1. The van der Waals surface area contributed by atoms with Crippen LogP contribution in [-0.4, -0.2) is 33.7 Å². The fraction of sp³-hybridized carbons (Fsp3) is 0.211. The Morgan fingerprint density at radius 1 is 1.19 bits per heavy atom. The third-order valence-corrected chi connectivity index (χ3v) is 5.43. The third-order valence-electron chi connectivity index (χ3n) is 3.98. The summed E-state index contributed by atoms with van der Waals surface area (Å²) in [6.07, 6.45) is 0.757. The minimum absolute atomic E-state index is 0.0917. The van der Waals surface area contributed by atoms with Crippen LogP contribution in [-0.2, 0) is 16.0 Å². The number of halogens is 1. The standard InChI is InChI=1S/C19H18ClN3O2S/c20-14-8-6-13(7-9-14)10-11-23-17(24)12-16(18(21)25)26-19(23)22-15-4-2-1-3-5-15/h1-9,16H,10-12H2,(H2,21,25)/t16-/m0/s1. The quantitative estimate of drug-likeness (QED) is 0.854. The molecule has 26 heavy (non-hydrogen) atoms. The summed E-state index contributed by atoms with van der Waals surface area (Å²) in [4.78, 5) is 30.4. The maximum atomic E-state index is 12.6. The second-order valence-corrected chi connectivity index (χ2v) is 7.47. The summed E-state index contributed by atoms with van der Waals surface area (Å²) < 4.78 is 0. The maximum absolute atomic E-state index is 12.6. The largest absolute Gasteiger partial charge is 0.369 e. The smallest absolute Gasteiger partial charge is 0.231 e. The second kappa shape index (κ2) is 8.38. The van der Waals surface area contributed by atoms with E-state index >= 15 is 0 Å². The van der Waals surface area contributed by atoms with Gasteiger partial charge in [-0.05, 0) is 36.2 Å². The van der Waals surface area contributed by atoms with Crippen LogP contribution in [0.2, 0.25) is 5.02 Å². The van der Waals surface area contributed by atoms with Crippen molar-refractivity contribution in [2.75, 3.05) is 6.54 Å². The normalized spacial score (nSPS) is 19.0. The molecule has 2 N–H and O–H groups in total. The van der Waals surface area contributed by atoms with Crippen LogP contribution in [0.25, 0.3) is 0 Å². The summed E-state index contributed by atoms with van der Waals surface area (Å²) in [6.45, 7) is 0.477. The van der Waals surface area contributed by atoms with E-state index in [2.05, 4.69) is 4.99 Å². The molecule has 0 aromatic heterocycles. The molecule has 1 fully saturated rings. The SMILES string of the molecule is NC(=O)[C@@H]1CC(=O)N(CCc2ccc(Cl)cc2)C(=Nc2ccccc2)S1. The van der Waals surface area contributed by atoms with Crippen LogP contribution >= 0.6 is 23.4 Å². The summed E-state index contributed by atoms with van der Waals surface area (Å²) in [6, 6.07) is 16.9. The van der Waals surface area contributed by atoms with E-state index in [0.29, 0.717) is 23.2 Å². The number of hydrogen-bond acceptors (Lipinski definition) is 4. The fourth-order valence-corrected chi connectivity index (χ4v) is 3.78. The van der Waals surface area contributed by atoms with Gasteiger partial charge in [0.25, 0.3) is 0 Å². The van der Waals surface area contributed by atoms with Crippen molar-refractivity contribution in [2.24, 2.45) is 10.7 Å².